The van der Waals surface area contributed by atoms with Crippen LogP contribution in [0.1, 0.15) is 79.0 Å². The van der Waals surface area contributed by atoms with Crippen molar-refractivity contribution in [2.75, 3.05) is 0 Å². The fraction of sp³-hybridized carbons (Fsp3) is 0.324. The number of hydrogen-bond acceptors (Lipinski definition) is 0. The van der Waals surface area contributed by atoms with Crippen LogP contribution in [-0.2, 0) is 16.2 Å². The highest BCUT2D eigenvalue weighted by atomic mass is 35.5. The molecular formula is C37H40ClFN+. The molecule has 0 aliphatic heterocycles. The van der Waals surface area contributed by atoms with Crippen molar-refractivity contribution in [3.63, 3.8) is 0 Å². The molecule has 0 fully saturated rings. The highest BCUT2D eigenvalue weighted by molar-refractivity contribution is 6.34. The molecule has 0 aliphatic rings. The van der Waals surface area contributed by atoms with Gasteiger partial charge in [0.1, 0.15) is 5.82 Å². The van der Waals surface area contributed by atoms with Crippen molar-refractivity contribution in [2.45, 2.75) is 78.6 Å². The molecule has 1 heterocycles. The summed E-state index contributed by atoms with van der Waals surface area (Å²) in [7, 11) is 0. The first kappa shape index (κ1) is 28.3. The van der Waals surface area contributed by atoms with Crippen molar-refractivity contribution in [3.05, 3.63) is 106 Å². The lowest BCUT2D eigenvalue weighted by Gasteiger charge is -2.23. The maximum absolute atomic E-state index is 14.2. The van der Waals surface area contributed by atoms with Gasteiger partial charge in [0, 0.05) is 35.4 Å². The third-order valence-electron chi connectivity index (χ3n) is 7.94. The standard InChI is InChI=1S/C37H40ClFN/c1-35(2,3)23-10-15-27(16-11-23)40-32-18-12-24(36(4,5)6)20-29(32)34(28-17-14-26(39)22-31(28)38)30-21-25(37(7,8)9)13-19-33(30)40/h10-22H,1-9H3/q+1. The van der Waals surface area contributed by atoms with Gasteiger partial charge in [-0.3, -0.25) is 0 Å². The van der Waals surface area contributed by atoms with E-state index in [1.165, 1.54) is 28.8 Å². The van der Waals surface area contributed by atoms with Crippen molar-refractivity contribution < 1.29 is 8.96 Å². The normalized spacial score (nSPS) is 12.9. The summed E-state index contributed by atoms with van der Waals surface area (Å²) in [6.45, 7) is 20.1. The van der Waals surface area contributed by atoms with Crippen molar-refractivity contribution in [1.82, 2.24) is 0 Å². The third kappa shape index (κ3) is 5.15. The van der Waals surface area contributed by atoms with Gasteiger partial charge in [-0.2, -0.15) is 4.57 Å². The van der Waals surface area contributed by atoms with Crippen LogP contribution >= 0.6 is 11.6 Å². The molecule has 5 rings (SSSR count). The number of hydrogen-bond donors (Lipinski definition) is 0. The first-order chi connectivity index (χ1) is 18.6. The fourth-order valence-corrected chi connectivity index (χ4v) is 5.70. The van der Waals surface area contributed by atoms with Crippen LogP contribution in [0.25, 0.3) is 38.6 Å². The van der Waals surface area contributed by atoms with E-state index in [-0.39, 0.29) is 22.1 Å². The molecule has 0 radical (unpaired) electrons. The molecule has 0 saturated carbocycles. The predicted octanol–water partition coefficient (Wildman–Crippen LogP) is 10.6. The molecule has 1 nitrogen and oxygen atoms in total. The number of rotatable bonds is 2. The monoisotopic (exact) mass is 552 g/mol. The Balaban J connectivity index is 2.00. The molecule has 0 atom stereocenters. The molecule has 206 valence electrons. The Morgan fingerprint density at radius 3 is 1.43 bits per heavy atom. The SMILES string of the molecule is CC(C)(C)c1ccc(-[n+]2c3ccc(C(C)(C)C)cc3c(-c3ccc(F)cc3Cl)c3cc(C(C)(C)C)ccc32)cc1. The van der Waals surface area contributed by atoms with Crippen LogP contribution in [0.3, 0.4) is 0 Å². The van der Waals surface area contributed by atoms with E-state index in [2.05, 4.69) is 128 Å². The topological polar surface area (TPSA) is 3.88 Å². The Morgan fingerprint density at radius 1 is 0.550 bits per heavy atom. The zero-order valence-electron chi connectivity index (χ0n) is 25.2. The van der Waals surface area contributed by atoms with Crippen LogP contribution in [0.2, 0.25) is 5.02 Å². The summed E-state index contributed by atoms with van der Waals surface area (Å²) < 4.78 is 16.6. The van der Waals surface area contributed by atoms with Crippen LogP contribution in [-0.4, -0.2) is 0 Å². The van der Waals surface area contributed by atoms with E-state index in [4.69, 9.17) is 11.6 Å². The third-order valence-corrected chi connectivity index (χ3v) is 8.25. The largest absolute Gasteiger partial charge is 0.219 e. The first-order valence-corrected chi connectivity index (χ1v) is 14.5. The van der Waals surface area contributed by atoms with Gasteiger partial charge in [-0.25, -0.2) is 4.39 Å². The average molecular weight is 553 g/mol. The summed E-state index contributed by atoms with van der Waals surface area (Å²) >= 11 is 6.79. The molecular weight excluding hydrogens is 513 g/mol. The molecule has 0 spiro atoms. The maximum Gasteiger partial charge on any atom is 0.219 e. The molecule has 3 heteroatoms. The van der Waals surface area contributed by atoms with E-state index < -0.39 is 0 Å². The minimum Gasteiger partial charge on any atom is -0.207 e. The van der Waals surface area contributed by atoms with Gasteiger partial charge in [-0.05, 0) is 63.3 Å². The first-order valence-electron chi connectivity index (χ1n) is 14.1. The molecule has 0 bridgehead atoms. The smallest absolute Gasteiger partial charge is 0.207 e. The highest BCUT2D eigenvalue weighted by Crippen LogP contribution is 2.41. The number of fused-ring (bicyclic) bond motifs is 2. The van der Waals surface area contributed by atoms with E-state index >= 15 is 0 Å². The summed E-state index contributed by atoms with van der Waals surface area (Å²) in [5.41, 5.74) is 8.91. The summed E-state index contributed by atoms with van der Waals surface area (Å²) in [5.74, 6) is -0.335. The van der Waals surface area contributed by atoms with Crippen molar-refractivity contribution in [1.29, 1.82) is 0 Å². The van der Waals surface area contributed by atoms with E-state index in [9.17, 15) is 4.39 Å². The number of benzene rings is 4. The average Bonchev–Trinajstić information content (AvgIpc) is 2.85. The Morgan fingerprint density at radius 2 is 1.00 bits per heavy atom. The number of halogens is 2. The lowest BCUT2D eigenvalue weighted by Crippen LogP contribution is -2.33. The molecule has 5 aromatic rings. The van der Waals surface area contributed by atoms with Gasteiger partial charge in [0.2, 0.25) is 16.7 Å². The zero-order valence-corrected chi connectivity index (χ0v) is 26.0. The molecule has 0 aliphatic carbocycles. The van der Waals surface area contributed by atoms with Gasteiger partial charge in [-0.15, -0.1) is 0 Å². The van der Waals surface area contributed by atoms with Gasteiger partial charge < -0.3 is 0 Å². The Hall–Kier alpha value is -3.23. The minimum absolute atomic E-state index is 0.0422. The van der Waals surface area contributed by atoms with Gasteiger partial charge in [-0.1, -0.05) is 98.2 Å². The Bertz CT molecular complexity index is 1670. The number of pyridine rings is 1. The maximum atomic E-state index is 14.2. The van der Waals surface area contributed by atoms with Crippen LogP contribution in [0.5, 0.6) is 0 Å². The second-order valence-corrected chi connectivity index (χ2v) is 14.5. The van der Waals surface area contributed by atoms with E-state index in [0.29, 0.717) is 5.02 Å². The van der Waals surface area contributed by atoms with Crippen LogP contribution in [0.4, 0.5) is 4.39 Å². The quantitative estimate of drug-likeness (QED) is 0.151. The molecule has 1 aromatic heterocycles. The molecule has 0 saturated heterocycles. The summed E-state index contributed by atoms with van der Waals surface area (Å²) in [5, 5.41) is 2.61. The Kier molecular flexibility index (Phi) is 6.86. The van der Waals surface area contributed by atoms with Crippen LogP contribution in [0, 0.1) is 5.82 Å². The van der Waals surface area contributed by atoms with Gasteiger partial charge >= 0.3 is 0 Å². The second-order valence-electron chi connectivity index (χ2n) is 14.1. The van der Waals surface area contributed by atoms with Gasteiger partial charge in [0.25, 0.3) is 0 Å². The van der Waals surface area contributed by atoms with Crippen molar-refractivity contribution in [3.8, 4) is 16.8 Å². The van der Waals surface area contributed by atoms with Crippen LogP contribution in [0.15, 0.2) is 78.9 Å². The van der Waals surface area contributed by atoms with Crippen LogP contribution < -0.4 is 4.57 Å². The zero-order chi connectivity index (χ0) is 29.2. The highest BCUT2D eigenvalue weighted by Gasteiger charge is 2.28. The van der Waals surface area contributed by atoms with E-state index in [1.54, 1.807) is 0 Å². The van der Waals surface area contributed by atoms with E-state index in [1.807, 2.05) is 6.07 Å². The van der Waals surface area contributed by atoms with E-state index in [0.717, 1.165) is 38.6 Å². The van der Waals surface area contributed by atoms with Gasteiger partial charge in [0.15, 0.2) is 0 Å². The predicted molar refractivity (Wildman–Crippen MR) is 169 cm³/mol. The number of nitrogens with zero attached hydrogens (tertiary/aromatic N) is 1. The molecule has 4 aromatic carbocycles. The molecule has 0 unspecified atom stereocenters. The fourth-order valence-electron chi connectivity index (χ4n) is 5.44. The Labute approximate surface area is 243 Å². The van der Waals surface area contributed by atoms with Crippen molar-refractivity contribution >= 4 is 33.4 Å². The molecule has 0 amide bonds. The molecule has 0 N–H and O–H groups in total. The van der Waals surface area contributed by atoms with Gasteiger partial charge in [0.05, 0.1) is 15.8 Å². The summed E-state index contributed by atoms with van der Waals surface area (Å²) in [6.07, 6.45) is 0. The summed E-state index contributed by atoms with van der Waals surface area (Å²) in [6, 6.07) is 27.2. The lowest BCUT2D eigenvalue weighted by atomic mass is 9.83. The second kappa shape index (κ2) is 9.70. The number of aromatic nitrogens is 1. The lowest BCUT2D eigenvalue weighted by molar-refractivity contribution is -0.537. The molecule has 40 heavy (non-hydrogen) atoms. The summed E-state index contributed by atoms with van der Waals surface area (Å²) in [4.78, 5) is 0. The minimum atomic E-state index is -0.335. The van der Waals surface area contributed by atoms with Crippen molar-refractivity contribution in [2.24, 2.45) is 0 Å².